The van der Waals surface area contributed by atoms with E-state index in [9.17, 15) is 4.79 Å². The molecule has 0 fully saturated rings. The standard InChI is InChI=1S/C13H20N2O/c1-4-11-9-7-8-10-12(11)13(16)14-15(5-2)6-3/h7-10H,4-6H2,1-3H3,(H,14,16). The van der Waals surface area contributed by atoms with Crippen molar-refractivity contribution in [2.24, 2.45) is 0 Å². The maximum Gasteiger partial charge on any atom is 0.265 e. The fourth-order valence-corrected chi connectivity index (χ4v) is 1.64. The monoisotopic (exact) mass is 220 g/mol. The van der Waals surface area contributed by atoms with Crippen LogP contribution in [-0.4, -0.2) is 24.0 Å². The lowest BCUT2D eigenvalue weighted by Crippen LogP contribution is -2.42. The van der Waals surface area contributed by atoms with E-state index < -0.39 is 0 Å². The van der Waals surface area contributed by atoms with Crippen molar-refractivity contribution in [2.75, 3.05) is 13.1 Å². The number of carbonyl (C=O) groups excluding carboxylic acids is 1. The van der Waals surface area contributed by atoms with Crippen molar-refractivity contribution >= 4 is 5.91 Å². The van der Waals surface area contributed by atoms with Gasteiger partial charge in [-0.2, -0.15) is 0 Å². The molecule has 1 aromatic carbocycles. The maximum absolute atomic E-state index is 12.0. The van der Waals surface area contributed by atoms with Crippen LogP contribution >= 0.6 is 0 Å². The van der Waals surface area contributed by atoms with E-state index in [1.165, 1.54) is 0 Å². The number of carbonyl (C=O) groups is 1. The third-order valence-electron chi connectivity index (χ3n) is 2.67. The highest BCUT2D eigenvalue weighted by molar-refractivity contribution is 5.95. The Morgan fingerprint density at radius 3 is 2.38 bits per heavy atom. The highest BCUT2D eigenvalue weighted by atomic mass is 16.2. The van der Waals surface area contributed by atoms with E-state index in [0.29, 0.717) is 0 Å². The van der Waals surface area contributed by atoms with Gasteiger partial charge in [0.25, 0.3) is 5.91 Å². The first-order chi connectivity index (χ1) is 7.72. The minimum absolute atomic E-state index is 0.0128. The molecule has 88 valence electrons. The zero-order valence-electron chi connectivity index (χ0n) is 10.3. The fourth-order valence-electron chi connectivity index (χ4n) is 1.64. The average molecular weight is 220 g/mol. The molecule has 1 rings (SSSR count). The summed E-state index contributed by atoms with van der Waals surface area (Å²) >= 11 is 0. The molecule has 0 atom stereocenters. The lowest BCUT2D eigenvalue weighted by atomic mass is 10.1. The maximum atomic E-state index is 12.0. The van der Waals surface area contributed by atoms with Crippen LogP contribution in [-0.2, 0) is 6.42 Å². The number of rotatable bonds is 5. The van der Waals surface area contributed by atoms with Gasteiger partial charge in [0.15, 0.2) is 0 Å². The molecule has 1 aromatic rings. The Morgan fingerprint density at radius 2 is 1.81 bits per heavy atom. The summed E-state index contributed by atoms with van der Waals surface area (Å²) in [5.41, 5.74) is 4.77. The summed E-state index contributed by atoms with van der Waals surface area (Å²) in [7, 11) is 0. The van der Waals surface area contributed by atoms with Crippen LogP contribution in [0.1, 0.15) is 36.7 Å². The summed E-state index contributed by atoms with van der Waals surface area (Å²) in [4.78, 5) is 12.0. The molecular weight excluding hydrogens is 200 g/mol. The molecule has 0 unspecified atom stereocenters. The van der Waals surface area contributed by atoms with E-state index in [2.05, 4.69) is 12.3 Å². The second-order valence-electron chi connectivity index (χ2n) is 3.62. The Bertz CT molecular complexity index is 346. The predicted molar refractivity (Wildman–Crippen MR) is 66.2 cm³/mol. The Hall–Kier alpha value is -1.35. The van der Waals surface area contributed by atoms with Crippen LogP contribution in [0.4, 0.5) is 0 Å². The molecule has 0 aliphatic rings. The topological polar surface area (TPSA) is 32.3 Å². The Labute approximate surface area is 97.4 Å². The molecule has 0 saturated heterocycles. The molecule has 0 heterocycles. The summed E-state index contributed by atoms with van der Waals surface area (Å²) in [6, 6.07) is 7.73. The fraction of sp³-hybridized carbons (Fsp3) is 0.462. The molecule has 0 bridgehead atoms. The molecule has 1 N–H and O–H groups in total. The van der Waals surface area contributed by atoms with Gasteiger partial charge in [-0.25, -0.2) is 5.01 Å². The van der Waals surface area contributed by atoms with Crippen molar-refractivity contribution < 1.29 is 4.79 Å². The van der Waals surface area contributed by atoms with Crippen molar-refractivity contribution in [2.45, 2.75) is 27.2 Å². The second kappa shape index (κ2) is 6.28. The van der Waals surface area contributed by atoms with Gasteiger partial charge < -0.3 is 0 Å². The van der Waals surface area contributed by atoms with Crippen LogP contribution in [0.25, 0.3) is 0 Å². The average Bonchev–Trinajstić information content (AvgIpc) is 2.35. The lowest BCUT2D eigenvalue weighted by Gasteiger charge is -2.20. The van der Waals surface area contributed by atoms with Gasteiger partial charge in [-0.3, -0.25) is 10.2 Å². The van der Waals surface area contributed by atoms with Gasteiger partial charge in [0.05, 0.1) is 0 Å². The van der Waals surface area contributed by atoms with Crippen LogP contribution in [0, 0.1) is 0 Å². The highest BCUT2D eigenvalue weighted by Crippen LogP contribution is 2.09. The molecule has 1 amide bonds. The summed E-state index contributed by atoms with van der Waals surface area (Å²) in [5, 5.41) is 1.90. The molecule has 0 saturated carbocycles. The van der Waals surface area contributed by atoms with Crippen LogP contribution in [0.3, 0.4) is 0 Å². The smallest absolute Gasteiger partial charge is 0.265 e. The molecule has 0 spiro atoms. The molecule has 3 nitrogen and oxygen atoms in total. The number of benzene rings is 1. The van der Waals surface area contributed by atoms with Gasteiger partial charge >= 0.3 is 0 Å². The summed E-state index contributed by atoms with van der Waals surface area (Å²) in [5.74, 6) is -0.0128. The Balaban J connectivity index is 2.79. The van der Waals surface area contributed by atoms with E-state index in [-0.39, 0.29) is 5.91 Å². The predicted octanol–water partition coefficient (Wildman–Crippen LogP) is 2.24. The van der Waals surface area contributed by atoms with Gasteiger partial charge in [0.2, 0.25) is 0 Å². The van der Waals surface area contributed by atoms with E-state index >= 15 is 0 Å². The molecule has 0 aliphatic carbocycles. The largest absolute Gasteiger partial charge is 0.285 e. The second-order valence-corrected chi connectivity index (χ2v) is 3.62. The zero-order valence-corrected chi connectivity index (χ0v) is 10.3. The third kappa shape index (κ3) is 3.07. The molecule has 0 aliphatic heterocycles. The Kier molecular flexibility index (Phi) is 4.99. The van der Waals surface area contributed by atoms with Gasteiger partial charge in [-0.1, -0.05) is 39.0 Å². The summed E-state index contributed by atoms with van der Waals surface area (Å²) in [6.07, 6.45) is 0.877. The SMILES string of the molecule is CCc1ccccc1C(=O)NN(CC)CC. The molecule has 16 heavy (non-hydrogen) atoms. The Morgan fingerprint density at radius 1 is 1.19 bits per heavy atom. The van der Waals surface area contributed by atoms with Gasteiger partial charge in [0.1, 0.15) is 0 Å². The van der Waals surface area contributed by atoms with Crippen molar-refractivity contribution in [1.29, 1.82) is 0 Å². The highest BCUT2D eigenvalue weighted by Gasteiger charge is 2.11. The van der Waals surface area contributed by atoms with Gasteiger partial charge in [-0.15, -0.1) is 0 Å². The van der Waals surface area contributed by atoms with Crippen LogP contribution in [0.5, 0.6) is 0 Å². The minimum Gasteiger partial charge on any atom is -0.285 e. The van der Waals surface area contributed by atoms with Crippen LogP contribution in [0.2, 0.25) is 0 Å². The minimum atomic E-state index is -0.0128. The normalized spacial score (nSPS) is 10.5. The van der Waals surface area contributed by atoms with Crippen molar-refractivity contribution in [3.05, 3.63) is 35.4 Å². The van der Waals surface area contributed by atoms with Gasteiger partial charge in [0, 0.05) is 18.7 Å². The molecule has 0 aromatic heterocycles. The first-order valence-electron chi connectivity index (χ1n) is 5.86. The summed E-state index contributed by atoms with van der Waals surface area (Å²) in [6.45, 7) is 7.74. The van der Waals surface area contributed by atoms with Crippen molar-refractivity contribution in [3.63, 3.8) is 0 Å². The summed E-state index contributed by atoms with van der Waals surface area (Å²) < 4.78 is 0. The molecule has 3 heteroatoms. The lowest BCUT2D eigenvalue weighted by molar-refractivity contribution is 0.0804. The van der Waals surface area contributed by atoms with Crippen LogP contribution in [0.15, 0.2) is 24.3 Å². The number of nitrogens with one attached hydrogen (secondary N) is 1. The first kappa shape index (κ1) is 12.7. The van der Waals surface area contributed by atoms with E-state index in [1.54, 1.807) is 0 Å². The molecular formula is C13H20N2O. The van der Waals surface area contributed by atoms with E-state index in [0.717, 1.165) is 30.6 Å². The van der Waals surface area contributed by atoms with Crippen molar-refractivity contribution in [3.8, 4) is 0 Å². The number of amides is 1. The van der Waals surface area contributed by atoms with E-state index in [4.69, 9.17) is 0 Å². The number of hydrazine groups is 1. The number of nitrogens with zero attached hydrogens (tertiary/aromatic N) is 1. The number of hydrogen-bond donors (Lipinski definition) is 1. The first-order valence-corrected chi connectivity index (χ1v) is 5.86. The van der Waals surface area contributed by atoms with E-state index in [1.807, 2.05) is 43.1 Å². The van der Waals surface area contributed by atoms with Crippen LogP contribution < -0.4 is 5.43 Å². The zero-order chi connectivity index (χ0) is 12.0. The van der Waals surface area contributed by atoms with Crippen molar-refractivity contribution in [1.82, 2.24) is 10.4 Å². The number of aryl methyl sites for hydroxylation is 1. The number of hydrogen-bond acceptors (Lipinski definition) is 2. The quantitative estimate of drug-likeness (QED) is 0.772. The molecule has 0 radical (unpaired) electrons. The third-order valence-corrected chi connectivity index (χ3v) is 2.67. The van der Waals surface area contributed by atoms with Gasteiger partial charge in [-0.05, 0) is 18.1 Å².